The van der Waals surface area contributed by atoms with Gasteiger partial charge in [0.1, 0.15) is 5.15 Å². The van der Waals surface area contributed by atoms with E-state index in [0.29, 0.717) is 18.7 Å². The number of hydrogen-bond acceptors (Lipinski definition) is 3. The van der Waals surface area contributed by atoms with Crippen molar-refractivity contribution in [2.75, 3.05) is 5.32 Å². The number of aromatic nitrogens is 2. The molecule has 4 nitrogen and oxygen atoms in total. The average Bonchev–Trinajstić information content (AvgIpc) is 2.38. The SMILES string of the molecule is O=C(CCc1ccccc1)Nc1cncc(Cl)n1. The molecule has 0 aliphatic rings. The number of hydrogen-bond donors (Lipinski definition) is 1. The summed E-state index contributed by atoms with van der Waals surface area (Å²) < 4.78 is 0. The van der Waals surface area contributed by atoms with E-state index >= 15 is 0 Å². The zero-order valence-electron chi connectivity index (χ0n) is 9.64. The Labute approximate surface area is 110 Å². The lowest BCUT2D eigenvalue weighted by molar-refractivity contribution is -0.116. The van der Waals surface area contributed by atoms with E-state index in [4.69, 9.17) is 11.6 Å². The number of nitrogens with zero attached hydrogens (tertiary/aromatic N) is 2. The number of nitrogens with one attached hydrogen (secondary N) is 1. The van der Waals surface area contributed by atoms with Gasteiger partial charge in [-0.1, -0.05) is 41.9 Å². The molecule has 0 fully saturated rings. The molecular weight excluding hydrogens is 250 g/mol. The molecule has 1 aromatic heterocycles. The number of anilines is 1. The molecule has 5 heteroatoms. The summed E-state index contributed by atoms with van der Waals surface area (Å²) in [5, 5.41) is 2.92. The average molecular weight is 262 g/mol. The van der Waals surface area contributed by atoms with Gasteiger partial charge in [-0.3, -0.25) is 9.78 Å². The highest BCUT2D eigenvalue weighted by Gasteiger charge is 2.04. The Bertz CT molecular complexity index is 531. The van der Waals surface area contributed by atoms with Crippen molar-refractivity contribution in [3.63, 3.8) is 0 Å². The lowest BCUT2D eigenvalue weighted by Crippen LogP contribution is -2.13. The van der Waals surface area contributed by atoms with Crippen molar-refractivity contribution in [2.24, 2.45) is 0 Å². The standard InChI is InChI=1S/C13H12ClN3O/c14-11-8-15-9-12(16-11)17-13(18)7-6-10-4-2-1-3-5-10/h1-5,8-9H,6-7H2,(H,16,17,18). The molecule has 0 unspecified atom stereocenters. The molecule has 0 aliphatic carbocycles. The van der Waals surface area contributed by atoms with E-state index in [2.05, 4.69) is 15.3 Å². The van der Waals surface area contributed by atoms with Gasteiger partial charge in [0.15, 0.2) is 5.82 Å². The van der Waals surface area contributed by atoms with Gasteiger partial charge in [-0.15, -0.1) is 0 Å². The first-order chi connectivity index (χ1) is 8.74. The van der Waals surface area contributed by atoms with Crippen LogP contribution < -0.4 is 5.32 Å². The minimum absolute atomic E-state index is 0.101. The maximum atomic E-state index is 11.7. The van der Waals surface area contributed by atoms with E-state index in [1.54, 1.807) is 0 Å². The lowest BCUT2D eigenvalue weighted by Gasteiger charge is -2.04. The number of benzene rings is 1. The summed E-state index contributed by atoms with van der Waals surface area (Å²) in [5.41, 5.74) is 1.13. The van der Waals surface area contributed by atoms with Crippen molar-refractivity contribution in [3.05, 3.63) is 53.4 Å². The van der Waals surface area contributed by atoms with Gasteiger partial charge in [0.2, 0.25) is 5.91 Å². The van der Waals surface area contributed by atoms with Gasteiger partial charge in [-0.25, -0.2) is 4.98 Å². The summed E-state index contributed by atoms with van der Waals surface area (Å²) in [6.45, 7) is 0. The summed E-state index contributed by atoms with van der Waals surface area (Å²) in [5.74, 6) is 0.274. The van der Waals surface area contributed by atoms with Gasteiger partial charge in [-0.05, 0) is 12.0 Å². The smallest absolute Gasteiger partial charge is 0.225 e. The van der Waals surface area contributed by atoms with Crippen molar-refractivity contribution < 1.29 is 4.79 Å². The molecule has 0 bridgehead atoms. The third-order valence-electron chi connectivity index (χ3n) is 2.36. The van der Waals surface area contributed by atoms with Crippen molar-refractivity contribution in [1.82, 2.24) is 9.97 Å². The van der Waals surface area contributed by atoms with Crippen LogP contribution in [0.4, 0.5) is 5.82 Å². The van der Waals surface area contributed by atoms with Crippen LogP contribution >= 0.6 is 11.6 Å². The highest BCUT2D eigenvalue weighted by atomic mass is 35.5. The largest absolute Gasteiger partial charge is 0.309 e. The van der Waals surface area contributed by atoms with E-state index in [9.17, 15) is 4.79 Å². The second-order valence-electron chi connectivity index (χ2n) is 3.76. The zero-order chi connectivity index (χ0) is 12.8. The predicted octanol–water partition coefficient (Wildman–Crippen LogP) is 2.70. The molecular formula is C13H12ClN3O. The number of rotatable bonds is 4. The first-order valence-electron chi connectivity index (χ1n) is 5.55. The van der Waals surface area contributed by atoms with Crippen LogP contribution in [-0.2, 0) is 11.2 Å². The van der Waals surface area contributed by atoms with Crippen molar-refractivity contribution in [3.8, 4) is 0 Å². The van der Waals surface area contributed by atoms with E-state index in [0.717, 1.165) is 5.56 Å². The van der Waals surface area contributed by atoms with Crippen LogP contribution in [-0.4, -0.2) is 15.9 Å². The van der Waals surface area contributed by atoms with Crippen molar-refractivity contribution in [1.29, 1.82) is 0 Å². The fourth-order valence-corrected chi connectivity index (χ4v) is 1.66. The van der Waals surface area contributed by atoms with Crippen LogP contribution in [0.2, 0.25) is 5.15 Å². The highest BCUT2D eigenvalue weighted by Crippen LogP contribution is 2.08. The Morgan fingerprint density at radius 2 is 2.00 bits per heavy atom. The molecule has 1 amide bonds. The fraction of sp³-hybridized carbons (Fsp3) is 0.154. The summed E-state index contributed by atoms with van der Waals surface area (Å²) >= 11 is 5.68. The number of aryl methyl sites for hydroxylation is 1. The predicted molar refractivity (Wildman–Crippen MR) is 70.4 cm³/mol. The molecule has 1 aromatic carbocycles. The molecule has 0 aliphatic heterocycles. The van der Waals surface area contributed by atoms with Crippen molar-refractivity contribution >= 4 is 23.3 Å². The van der Waals surface area contributed by atoms with Gasteiger partial charge < -0.3 is 5.32 Å². The van der Waals surface area contributed by atoms with Crippen LogP contribution in [0.25, 0.3) is 0 Å². The van der Waals surface area contributed by atoms with Gasteiger partial charge in [0.25, 0.3) is 0 Å². The van der Waals surface area contributed by atoms with Crippen LogP contribution in [0.3, 0.4) is 0 Å². The number of halogens is 1. The van der Waals surface area contributed by atoms with Crippen LogP contribution in [0.1, 0.15) is 12.0 Å². The Hall–Kier alpha value is -1.94. The molecule has 0 saturated heterocycles. The Morgan fingerprint density at radius 3 is 2.72 bits per heavy atom. The van der Waals surface area contributed by atoms with Gasteiger partial charge in [-0.2, -0.15) is 0 Å². The second-order valence-corrected chi connectivity index (χ2v) is 4.15. The summed E-state index contributed by atoms with van der Waals surface area (Å²) in [4.78, 5) is 19.5. The van der Waals surface area contributed by atoms with Gasteiger partial charge in [0, 0.05) is 6.42 Å². The number of carbonyl (C=O) groups excluding carboxylic acids is 1. The molecule has 0 radical (unpaired) electrons. The Morgan fingerprint density at radius 1 is 1.22 bits per heavy atom. The van der Waals surface area contributed by atoms with Crippen molar-refractivity contribution in [2.45, 2.75) is 12.8 Å². The van der Waals surface area contributed by atoms with Crippen LogP contribution in [0, 0.1) is 0 Å². The lowest BCUT2D eigenvalue weighted by atomic mass is 10.1. The molecule has 0 atom stereocenters. The Balaban J connectivity index is 1.86. The first-order valence-corrected chi connectivity index (χ1v) is 5.93. The highest BCUT2D eigenvalue weighted by molar-refractivity contribution is 6.29. The fourth-order valence-electron chi connectivity index (χ4n) is 1.51. The topological polar surface area (TPSA) is 54.9 Å². The zero-order valence-corrected chi connectivity index (χ0v) is 10.4. The van der Waals surface area contributed by atoms with E-state index in [1.165, 1.54) is 12.4 Å². The molecule has 92 valence electrons. The number of amides is 1. The summed E-state index contributed by atoms with van der Waals surface area (Å²) in [6, 6.07) is 9.84. The maximum absolute atomic E-state index is 11.7. The minimum atomic E-state index is -0.101. The quantitative estimate of drug-likeness (QED) is 0.921. The number of carbonyl (C=O) groups is 1. The minimum Gasteiger partial charge on any atom is -0.309 e. The summed E-state index contributed by atoms with van der Waals surface area (Å²) in [6.07, 6.45) is 3.98. The molecule has 2 rings (SSSR count). The molecule has 0 saturated carbocycles. The van der Waals surface area contributed by atoms with Crippen LogP contribution in [0.15, 0.2) is 42.7 Å². The van der Waals surface area contributed by atoms with E-state index in [-0.39, 0.29) is 11.1 Å². The maximum Gasteiger partial charge on any atom is 0.225 e. The van der Waals surface area contributed by atoms with Gasteiger partial charge >= 0.3 is 0 Å². The monoisotopic (exact) mass is 261 g/mol. The summed E-state index contributed by atoms with van der Waals surface area (Å²) in [7, 11) is 0. The molecule has 2 aromatic rings. The second kappa shape index (κ2) is 6.12. The normalized spacial score (nSPS) is 10.1. The van der Waals surface area contributed by atoms with E-state index in [1.807, 2.05) is 30.3 Å². The van der Waals surface area contributed by atoms with Gasteiger partial charge in [0.05, 0.1) is 12.4 Å². The molecule has 0 spiro atoms. The third kappa shape index (κ3) is 3.82. The molecule has 18 heavy (non-hydrogen) atoms. The first kappa shape index (κ1) is 12.5. The molecule has 1 N–H and O–H groups in total. The third-order valence-corrected chi connectivity index (χ3v) is 2.54. The Kier molecular flexibility index (Phi) is 4.25. The van der Waals surface area contributed by atoms with Crippen LogP contribution in [0.5, 0.6) is 0 Å². The molecule has 1 heterocycles. The van der Waals surface area contributed by atoms with E-state index < -0.39 is 0 Å².